The van der Waals surface area contributed by atoms with Gasteiger partial charge in [0, 0.05) is 30.6 Å². The molecule has 7 nitrogen and oxygen atoms in total. The predicted octanol–water partition coefficient (Wildman–Crippen LogP) is 3.60. The Bertz CT molecular complexity index is 1240. The minimum atomic E-state index is -4.50. The zero-order valence-electron chi connectivity index (χ0n) is 15.1. The summed E-state index contributed by atoms with van der Waals surface area (Å²) in [5, 5.41) is 4.11. The van der Waals surface area contributed by atoms with Crippen LogP contribution in [-0.4, -0.2) is 28.7 Å². The van der Waals surface area contributed by atoms with E-state index in [0.29, 0.717) is 22.6 Å². The van der Waals surface area contributed by atoms with Crippen molar-refractivity contribution in [3.63, 3.8) is 0 Å². The molecule has 0 aliphatic heterocycles. The van der Waals surface area contributed by atoms with Gasteiger partial charge in [0.15, 0.2) is 5.69 Å². The van der Waals surface area contributed by atoms with Crippen molar-refractivity contribution in [2.45, 2.75) is 26.2 Å². The van der Waals surface area contributed by atoms with Gasteiger partial charge in [-0.1, -0.05) is 24.3 Å². The van der Waals surface area contributed by atoms with Gasteiger partial charge in [0.05, 0.1) is 6.54 Å². The number of alkyl halides is 3. The standard InChI is InChI=1S/C18H14BrF3N6O/c1-2-26-10-13(18(20,21)22)23-15(26)12-5-3-11(4-6-12)9-27-14(29)7-8-28-17(27)24-16(19)25-28/h3-8,10H,2,9H2,1H3. The summed E-state index contributed by atoms with van der Waals surface area (Å²) >= 11 is 3.19. The first-order chi connectivity index (χ1) is 13.8. The van der Waals surface area contributed by atoms with Crippen LogP contribution in [0.1, 0.15) is 18.2 Å². The number of aromatic nitrogens is 6. The fourth-order valence-corrected chi connectivity index (χ4v) is 3.34. The molecule has 0 spiro atoms. The maximum Gasteiger partial charge on any atom is 0.434 e. The Balaban J connectivity index is 1.67. The lowest BCUT2D eigenvalue weighted by Gasteiger charge is -2.08. The monoisotopic (exact) mass is 466 g/mol. The van der Waals surface area contributed by atoms with E-state index in [1.807, 2.05) is 0 Å². The number of fused-ring (bicyclic) bond motifs is 1. The number of hydrogen-bond donors (Lipinski definition) is 0. The summed E-state index contributed by atoms with van der Waals surface area (Å²) in [5.41, 5.74) is 0.183. The van der Waals surface area contributed by atoms with Crippen molar-refractivity contribution in [3.05, 3.63) is 69.1 Å². The molecule has 0 fully saturated rings. The lowest BCUT2D eigenvalue weighted by molar-refractivity contribution is -0.140. The molecule has 0 unspecified atom stereocenters. The van der Waals surface area contributed by atoms with Crippen LogP contribution in [0.25, 0.3) is 17.2 Å². The third-order valence-corrected chi connectivity index (χ3v) is 4.75. The van der Waals surface area contributed by atoms with Crippen LogP contribution in [0.3, 0.4) is 0 Å². The largest absolute Gasteiger partial charge is 0.434 e. The second-order valence-corrected chi connectivity index (χ2v) is 7.01. The van der Waals surface area contributed by atoms with Gasteiger partial charge in [-0.15, -0.1) is 5.10 Å². The normalized spacial score (nSPS) is 12.0. The number of imidazole rings is 1. The summed E-state index contributed by atoms with van der Waals surface area (Å²) in [4.78, 5) is 20.2. The lowest BCUT2D eigenvalue weighted by atomic mass is 10.1. The molecule has 11 heteroatoms. The van der Waals surface area contributed by atoms with E-state index in [4.69, 9.17) is 0 Å². The molecule has 0 saturated carbocycles. The number of aryl methyl sites for hydroxylation is 1. The predicted molar refractivity (Wildman–Crippen MR) is 102 cm³/mol. The first-order valence-electron chi connectivity index (χ1n) is 8.61. The molecule has 29 heavy (non-hydrogen) atoms. The summed E-state index contributed by atoms with van der Waals surface area (Å²) in [6, 6.07) is 8.26. The molecule has 3 aromatic heterocycles. The van der Waals surface area contributed by atoms with Crippen molar-refractivity contribution in [2.24, 2.45) is 0 Å². The average Bonchev–Trinajstić information content (AvgIpc) is 3.27. The number of halogens is 4. The molecule has 0 bridgehead atoms. The zero-order valence-corrected chi connectivity index (χ0v) is 16.6. The van der Waals surface area contributed by atoms with Crippen molar-refractivity contribution in [1.82, 2.24) is 28.7 Å². The Morgan fingerprint density at radius 3 is 2.48 bits per heavy atom. The van der Waals surface area contributed by atoms with Gasteiger partial charge in [-0.25, -0.2) is 9.50 Å². The fraction of sp³-hybridized carbons (Fsp3) is 0.222. The van der Waals surface area contributed by atoms with Crippen molar-refractivity contribution >= 4 is 21.7 Å². The van der Waals surface area contributed by atoms with E-state index >= 15 is 0 Å². The fourth-order valence-electron chi connectivity index (χ4n) is 3.01. The van der Waals surface area contributed by atoms with Gasteiger partial charge in [-0.3, -0.25) is 9.36 Å². The highest BCUT2D eigenvalue weighted by atomic mass is 79.9. The van der Waals surface area contributed by atoms with E-state index in [1.165, 1.54) is 25.9 Å². The van der Waals surface area contributed by atoms with Gasteiger partial charge in [-0.2, -0.15) is 18.2 Å². The number of nitrogens with zero attached hydrogens (tertiary/aromatic N) is 6. The molecule has 0 saturated heterocycles. The van der Waals surface area contributed by atoms with Crippen LogP contribution in [0, 0.1) is 0 Å². The van der Waals surface area contributed by atoms with E-state index in [2.05, 4.69) is 31.0 Å². The van der Waals surface area contributed by atoms with Gasteiger partial charge in [0.2, 0.25) is 10.5 Å². The van der Waals surface area contributed by atoms with E-state index in [1.54, 1.807) is 31.2 Å². The molecular weight excluding hydrogens is 453 g/mol. The summed E-state index contributed by atoms with van der Waals surface area (Å²) in [7, 11) is 0. The van der Waals surface area contributed by atoms with Gasteiger partial charge < -0.3 is 4.57 Å². The van der Waals surface area contributed by atoms with Crippen molar-refractivity contribution in [3.8, 4) is 11.4 Å². The summed E-state index contributed by atoms with van der Waals surface area (Å²) in [6.45, 7) is 2.35. The summed E-state index contributed by atoms with van der Waals surface area (Å²) in [6.07, 6.45) is -1.97. The highest BCUT2D eigenvalue weighted by Gasteiger charge is 2.34. The molecule has 4 aromatic rings. The highest BCUT2D eigenvalue weighted by molar-refractivity contribution is 9.10. The molecule has 0 atom stereocenters. The quantitative estimate of drug-likeness (QED) is 0.460. The maximum atomic E-state index is 13.0. The lowest BCUT2D eigenvalue weighted by Crippen LogP contribution is -2.22. The molecule has 0 aliphatic rings. The van der Waals surface area contributed by atoms with Gasteiger partial charge in [0.1, 0.15) is 5.82 Å². The molecule has 0 radical (unpaired) electrons. The van der Waals surface area contributed by atoms with Crippen LogP contribution in [0.5, 0.6) is 0 Å². The molecule has 0 N–H and O–H groups in total. The number of hydrogen-bond acceptors (Lipinski definition) is 4. The molecule has 1 aromatic carbocycles. The molecular formula is C18H14BrF3N6O. The van der Waals surface area contributed by atoms with Crippen LogP contribution in [0.2, 0.25) is 0 Å². The molecule has 4 rings (SSSR count). The molecule has 3 heterocycles. The minimum Gasteiger partial charge on any atom is -0.331 e. The Morgan fingerprint density at radius 1 is 1.10 bits per heavy atom. The van der Waals surface area contributed by atoms with Gasteiger partial charge >= 0.3 is 6.18 Å². The Kier molecular flexibility index (Phi) is 4.77. The Morgan fingerprint density at radius 2 is 1.83 bits per heavy atom. The summed E-state index contributed by atoms with van der Waals surface area (Å²) < 4.78 is 43.7. The molecule has 0 amide bonds. The van der Waals surface area contributed by atoms with Gasteiger partial charge in [0.25, 0.3) is 5.56 Å². The van der Waals surface area contributed by atoms with Crippen molar-refractivity contribution in [1.29, 1.82) is 0 Å². The van der Waals surface area contributed by atoms with Crippen molar-refractivity contribution < 1.29 is 13.2 Å². The molecule has 0 aliphatic carbocycles. The summed E-state index contributed by atoms with van der Waals surface area (Å²) in [5.74, 6) is 0.622. The average molecular weight is 467 g/mol. The van der Waals surface area contributed by atoms with Crippen LogP contribution >= 0.6 is 15.9 Å². The van der Waals surface area contributed by atoms with E-state index in [-0.39, 0.29) is 17.9 Å². The van der Waals surface area contributed by atoms with Crippen LogP contribution in [0.4, 0.5) is 13.2 Å². The SMILES string of the molecule is CCn1cc(C(F)(F)F)nc1-c1ccc(Cn2c(=O)ccn3nc(Br)nc23)cc1. The van der Waals surface area contributed by atoms with E-state index < -0.39 is 11.9 Å². The zero-order chi connectivity index (χ0) is 20.8. The second-order valence-electron chi connectivity index (χ2n) is 6.30. The maximum absolute atomic E-state index is 13.0. The van der Waals surface area contributed by atoms with E-state index in [0.717, 1.165) is 11.8 Å². The minimum absolute atomic E-state index is 0.238. The second kappa shape index (κ2) is 7.14. The van der Waals surface area contributed by atoms with Crippen LogP contribution in [0.15, 0.2) is 52.3 Å². The third kappa shape index (κ3) is 3.69. The number of benzene rings is 1. The Hall–Kier alpha value is -2.95. The van der Waals surface area contributed by atoms with Crippen LogP contribution < -0.4 is 5.56 Å². The number of rotatable bonds is 4. The molecule has 150 valence electrons. The first kappa shape index (κ1) is 19.4. The highest BCUT2D eigenvalue weighted by Crippen LogP contribution is 2.31. The van der Waals surface area contributed by atoms with Gasteiger partial charge in [-0.05, 0) is 28.4 Å². The van der Waals surface area contributed by atoms with E-state index in [9.17, 15) is 18.0 Å². The topological polar surface area (TPSA) is 70.0 Å². The van der Waals surface area contributed by atoms with Crippen LogP contribution in [-0.2, 0) is 19.3 Å². The third-order valence-electron chi connectivity index (χ3n) is 4.41. The Labute approximate surface area is 170 Å². The van der Waals surface area contributed by atoms with Crippen molar-refractivity contribution in [2.75, 3.05) is 0 Å². The first-order valence-corrected chi connectivity index (χ1v) is 9.41. The smallest absolute Gasteiger partial charge is 0.331 e.